The highest BCUT2D eigenvalue weighted by Gasteiger charge is 2.35. The summed E-state index contributed by atoms with van der Waals surface area (Å²) in [4.78, 5) is 17.6. The number of benzene rings is 1. The molecular formula is C20H21F3N4O2. The van der Waals surface area contributed by atoms with Gasteiger partial charge in [0.25, 0.3) is 0 Å². The Hall–Kier alpha value is -2.39. The minimum atomic E-state index is -1.52. The van der Waals surface area contributed by atoms with Crippen LogP contribution in [0.2, 0.25) is 0 Å². The van der Waals surface area contributed by atoms with Gasteiger partial charge >= 0.3 is 6.03 Å². The van der Waals surface area contributed by atoms with Crippen LogP contribution in [0.4, 0.5) is 18.0 Å². The molecule has 1 aromatic heterocycles. The average Bonchev–Trinajstić information content (AvgIpc) is 2.86. The van der Waals surface area contributed by atoms with Gasteiger partial charge in [-0.3, -0.25) is 0 Å². The molecule has 1 amide bonds. The Morgan fingerprint density at radius 3 is 2.52 bits per heavy atom. The maximum Gasteiger partial charge on any atom is 0.345 e. The maximum absolute atomic E-state index is 13.8. The number of fused-ring (bicyclic) bond motifs is 5. The fourth-order valence-electron chi connectivity index (χ4n) is 4.58. The number of hydrogen-bond acceptors (Lipinski definition) is 4. The van der Waals surface area contributed by atoms with Gasteiger partial charge in [0.2, 0.25) is 0 Å². The number of amides is 1. The molecule has 29 heavy (non-hydrogen) atoms. The van der Waals surface area contributed by atoms with Crippen molar-refractivity contribution in [3.63, 3.8) is 0 Å². The standard InChI is InChI=1S/C20H21F3N4O2/c21-15-9-12(10-16(22)18(15)23)19-14-11-29-8-3-17(14)27(24-19)20(28)26-7-6-25-4-1-13(26)2-5-25/h9-10,13H,1-8,11H2. The topological polar surface area (TPSA) is 50.6 Å². The minimum Gasteiger partial charge on any atom is -0.376 e. The van der Waals surface area contributed by atoms with Gasteiger partial charge in [-0.1, -0.05) is 0 Å². The first-order valence-electron chi connectivity index (χ1n) is 9.89. The number of carbonyl (C=O) groups excluding carboxylic acids is 1. The van der Waals surface area contributed by atoms with Crippen LogP contribution in [0.3, 0.4) is 0 Å². The molecule has 3 saturated heterocycles. The summed E-state index contributed by atoms with van der Waals surface area (Å²) in [5.74, 6) is -4.10. The first-order valence-corrected chi connectivity index (χ1v) is 9.89. The maximum atomic E-state index is 13.8. The van der Waals surface area contributed by atoms with E-state index in [0.717, 1.165) is 44.6 Å². The van der Waals surface area contributed by atoms with Crippen LogP contribution in [0, 0.1) is 17.5 Å². The molecule has 0 spiro atoms. The van der Waals surface area contributed by atoms with Crippen LogP contribution < -0.4 is 0 Å². The van der Waals surface area contributed by atoms with Gasteiger partial charge in [-0.2, -0.15) is 9.78 Å². The Bertz CT molecular complexity index is 946. The number of piperidine rings is 1. The molecule has 5 heterocycles. The van der Waals surface area contributed by atoms with Gasteiger partial charge in [0.1, 0.15) is 0 Å². The summed E-state index contributed by atoms with van der Waals surface area (Å²) in [6.45, 7) is 4.06. The molecule has 2 aromatic rings. The highest BCUT2D eigenvalue weighted by atomic mass is 19.2. The summed E-state index contributed by atoms with van der Waals surface area (Å²) in [5, 5.41) is 4.44. The molecular weight excluding hydrogens is 385 g/mol. The van der Waals surface area contributed by atoms with Crippen molar-refractivity contribution in [3.8, 4) is 11.3 Å². The number of carbonyl (C=O) groups is 1. The number of nitrogens with zero attached hydrogens (tertiary/aromatic N) is 4. The Balaban J connectivity index is 1.57. The predicted octanol–water partition coefficient (Wildman–Crippen LogP) is 2.79. The molecule has 0 aliphatic carbocycles. The van der Waals surface area contributed by atoms with E-state index in [9.17, 15) is 18.0 Å². The van der Waals surface area contributed by atoms with Crippen LogP contribution in [0.15, 0.2) is 12.1 Å². The Morgan fingerprint density at radius 2 is 1.79 bits per heavy atom. The van der Waals surface area contributed by atoms with Crippen molar-refractivity contribution in [1.29, 1.82) is 0 Å². The summed E-state index contributed by atoms with van der Waals surface area (Å²) < 4.78 is 47.9. The lowest BCUT2D eigenvalue weighted by atomic mass is 10.0. The van der Waals surface area contributed by atoms with E-state index in [-0.39, 0.29) is 29.9 Å². The zero-order valence-electron chi connectivity index (χ0n) is 15.8. The molecule has 4 aliphatic rings. The average molecular weight is 406 g/mol. The van der Waals surface area contributed by atoms with E-state index in [0.29, 0.717) is 30.8 Å². The van der Waals surface area contributed by atoms with Crippen molar-refractivity contribution in [1.82, 2.24) is 19.6 Å². The molecule has 6 rings (SSSR count). The third kappa shape index (κ3) is 3.12. The van der Waals surface area contributed by atoms with Gasteiger partial charge in [-0.05, 0) is 25.0 Å². The van der Waals surface area contributed by atoms with Gasteiger partial charge in [-0.25, -0.2) is 18.0 Å². The lowest BCUT2D eigenvalue weighted by Gasteiger charge is -2.31. The summed E-state index contributed by atoms with van der Waals surface area (Å²) >= 11 is 0. The Morgan fingerprint density at radius 1 is 1.07 bits per heavy atom. The number of hydrogen-bond donors (Lipinski definition) is 0. The molecule has 3 fully saturated rings. The first-order chi connectivity index (χ1) is 14.0. The second-order valence-corrected chi connectivity index (χ2v) is 7.79. The number of rotatable bonds is 1. The lowest BCUT2D eigenvalue weighted by molar-refractivity contribution is 0.108. The molecule has 0 unspecified atom stereocenters. The molecule has 154 valence electrons. The molecule has 0 atom stereocenters. The van der Waals surface area contributed by atoms with Crippen LogP contribution in [-0.2, 0) is 17.8 Å². The van der Waals surface area contributed by atoms with Crippen molar-refractivity contribution in [3.05, 3.63) is 40.8 Å². The fourth-order valence-corrected chi connectivity index (χ4v) is 4.58. The van der Waals surface area contributed by atoms with Gasteiger partial charge in [0.15, 0.2) is 17.5 Å². The third-order valence-electron chi connectivity index (χ3n) is 6.16. The third-order valence-corrected chi connectivity index (χ3v) is 6.16. The largest absolute Gasteiger partial charge is 0.376 e. The first kappa shape index (κ1) is 18.6. The SMILES string of the molecule is O=C(N1CCN2CCC1CC2)n1nc(-c2cc(F)c(F)c(F)c2)c2c1CCOC2. The highest BCUT2D eigenvalue weighted by Crippen LogP contribution is 2.32. The van der Waals surface area contributed by atoms with E-state index in [1.807, 2.05) is 4.90 Å². The molecule has 2 bridgehead atoms. The number of halogens is 3. The van der Waals surface area contributed by atoms with Crippen LogP contribution >= 0.6 is 0 Å². The van der Waals surface area contributed by atoms with Crippen LogP contribution in [0.25, 0.3) is 11.3 Å². The van der Waals surface area contributed by atoms with Gasteiger partial charge in [-0.15, -0.1) is 0 Å². The quantitative estimate of drug-likeness (QED) is 0.684. The zero-order chi connectivity index (χ0) is 20.1. The molecule has 9 heteroatoms. The Kier molecular flexibility index (Phi) is 4.59. The summed E-state index contributed by atoms with van der Waals surface area (Å²) in [6.07, 6.45) is 2.34. The van der Waals surface area contributed by atoms with Gasteiger partial charge in [0, 0.05) is 49.8 Å². The van der Waals surface area contributed by atoms with Gasteiger partial charge in [0.05, 0.1) is 24.6 Å². The lowest BCUT2D eigenvalue weighted by Crippen LogP contribution is -2.44. The van der Waals surface area contributed by atoms with Gasteiger partial charge < -0.3 is 14.5 Å². The molecule has 6 nitrogen and oxygen atoms in total. The summed E-state index contributed by atoms with van der Waals surface area (Å²) in [6, 6.07) is 1.77. The summed E-state index contributed by atoms with van der Waals surface area (Å²) in [7, 11) is 0. The molecule has 1 aromatic carbocycles. The van der Waals surface area contributed by atoms with E-state index in [4.69, 9.17) is 4.74 Å². The van der Waals surface area contributed by atoms with E-state index in [1.54, 1.807) is 0 Å². The van der Waals surface area contributed by atoms with Crippen molar-refractivity contribution < 1.29 is 22.7 Å². The number of ether oxygens (including phenoxy) is 1. The molecule has 4 aliphatic heterocycles. The zero-order valence-corrected chi connectivity index (χ0v) is 15.8. The van der Waals surface area contributed by atoms with Crippen molar-refractivity contribution in [2.24, 2.45) is 0 Å². The minimum absolute atomic E-state index is 0.0950. The predicted molar refractivity (Wildman–Crippen MR) is 97.9 cm³/mol. The van der Waals surface area contributed by atoms with E-state index < -0.39 is 17.5 Å². The normalized spacial score (nSPS) is 23.8. The van der Waals surface area contributed by atoms with Crippen LogP contribution in [0.1, 0.15) is 24.1 Å². The van der Waals surface area contributed by atoms with E-state index in [2.05, 4.69) is 10.00 Å². The second kappa shape index (κ2) is 7.14. The van der Waals surface area contributed by atoms with Crippen molar-refractivity contribution in [2.75, 3.05) is 32.8 Å². The fraction of sp³-hybridized carbons (Fsp3) is 0.500. The molecule has 0 saturated carbocycles. The molecule has 0 radical (unpaired) electrons. The smallest absolute Gasteiger partial charge is 0.345 e. The van der Waals surface area contributed by atoms with Crippen LogP contribution in [0.5, 0.6) is 0 Å². The summed E-state index contributed by atoms with van der Waals surface area (Å²) in [5.41, 5.74) is 1.67. The number of aromatic nitrogens is 2. The van der Waals surface area contributed by atoms with E-state index in [1.165, 1.54) is 4.68 Å². The van der Waals surface area contributed by atoms with Crippen molar-refractivity contribution >= 4 is 6.03 Å². The monoisotopic (exact) mass is 406 g/mol. The second-order valence-electron chi connectivity index (χ2n) is 7.79. The Labute approximate surface area is 165 Å². The van der Waals surface area contributed by atoms with Crippen LogP contribution in [-0.4, -0.2) is 64.4 Å². The van der Waals surface area contributed by atoms with Crippen molar-refractivity contribution in [2.45, 2.75) is 31.9 Å². The highest BCUT2D eigenvalue weighted by molar-refractivity contribution is 5.80. The molecule has 0 N–H and O–H groups in total. The van der Waals surface area contributed by atoms with E-state index >= 15 is 0 Å².